The van der Waals surface area contributed by atoms with Crippen molar-refractivity contribution in [3.05, 3.63) is 41.5 Å². The lowest BCUT2D eigenvalue weighted by molar-refractivity contribution is 0.0161. The number of allylic oxidation sites excluding steroid dienone is 2. The lowest BCUT2D eigenvalue weighted by atomic mass is 9.84. The number of ether oxygens (including phenoxy) is 1. The molecule has 1 aromatic carbocycles. The van der Waals surface area contributed by atoms with Crippen LogP contribution in [0.1, 0.15) is 113 Å². The number of rotatable bonds is 9. The van der Waals surface area contributed by atoms with Gasteiger partial charge in [-0.1, -0.05) is 70.6 Å². The monoisotopic (exact) mass is 396 g/mol. The van der Waals surface area contributed by atoms with Crippen LogP contribution in [0, 0.1) is 11.8 Å². The lowest BCUT2D eigenvalue weighted by Gasteiger charge is -2.28. The third kappa shape index (κ3) is 7.01. The van der Waals surface area contributed by atoms with Crippen molar-refractivity contribution >= 4 is 11.5 Å². The molecule has 0 bridgehead atoms. The van der Waals surface area contributed by atoms with E-state index in [2.05, 4.69) is 32.1 Å². The molecule has 2 heteroatoms. The van der Waals surface area contributed by atoms with Crippen LogP contribution in [-0.2, 0) is 4.74 Å². The van der Waals surface area contributed by atoms with Gasteiger partial charge in [0.25, 0.3) is 0 Å². The Morgan fingerprint density at radius 1 is 0.966 bits per heavy atom. The molecule has 0 heterocycles. The molecular weight excluding hydrogens is 356 g/mol. The van der Waals surface area contributed by atoms with E-state index in [1.807, 2.05) is 12.1 Å². The fraction of sp³-hybridized carbons (Fsp3) is 0.667. The van der Waals surface area contributed by atoms with Gasteiger partial charge in [-0.3, -0.25) is 0 Å². The molecule has 0 N–H and O–H groups in total. The summed E-state index contributed by atoms with van der Waals surface area (Å²) in [5.74, 6) is 1.49. The SMILES string of the molecule is CCCCCCCC1CCC(OC(=O)c2ccc(C3=CCC(C)CC3)cc2)CC1. The molecule has 0 saturated heterocycles. The maximum absolute atomic E-state index is 12.6. The molecule has 2 aliphatic rings. The van der Waals surface area contributed by atoms with Crippen LogP contribution >= 0.6 is 0 Å². The second kappa shape index (κ2) is 11.6. The van der Waals surface area contributed by atoms with Gasteiger partial charge in [-0.15, -0.1) is 0 Å². The predicted molar refractivity (Wildman–Crippen MR) is 122 cm³/mol. The van der Waals surface area contributed by atoms with E-state index in [-0.39, 0.29) is 12.1 Å². The van der Waals surface area contributed by atoms with Crippen LogP contribution in [0.25, 0.3) is 5.57 Å². The molecule has 160 valence electrons. The summed E-state index contributed by atoms with van der Waals surface area (Å²) in [6.45, 7) is 4.58. The van der Waals surface area contributed by atoms with Crippen molar-refractivity contribution in [1.82, 2.24) is 0 Å². The molecular formula is C27H40O2. The summed E-state index contributed by atoms with van der Waals surface area (Å²) in [6, 6.07) is 8.07. The highest BCUT2D eigenvalue weighted by molar-refractivity contribution is 5.90. The molecule has 29 heavy (non-hydrogen) atoms. The standard InChI is InChI=1S/C27H40O2/c1-3-4-5-6-7-8-22-11-19-26(20-12-22)29-27(28)25-17-15-24(16-18-25)23-13-9-21(2)10-14-23/h13,15-18,21-22,26H,3-12,14,19-20H2,1-2H3. The molecule has 0 aliphatic heterocycles. The predicted octanol–water partition coefficient (Wildman–Crippen LogP) is 7.97. The third-order valence-corrected chi connectivity index (χ3v) is 6.95. The van der Waals surface area contributed by atoms with E-state index < -0.39 is 0 Å². The van der Waals surface area contributed by atoms with Gasteiger partial charge in [0.05, 0.1) is 5.56 Å². The number of unbranched alkanes of at least 4 members (excludes halogenated alkanes) is 4. The van der Waals surface area contributed by atoms with Crippen molar-refractivity contribution in [2.75, 3.05) is 0 Å². The molecule has 3 rings (SSSR count). The smallest absolute Gasteiger partial charge is 0.338 e. The molecule has 1 aromatic rings. The Balaban J connectivity index is 1.39. The molecule has 2 aliphatic carbocycles. The van der Waals surface area contributed by atoms with Crippen molar-refractivity contribution in [2.24, 2.45) is 11.8 Å². The topological polar surface area (TPSA) is 26.3 Å². The van der Waals surface area contributed by atoms with E-state index >= 15 is 0 Å². The summed E-state index contributed by atoms with van der Waals surface area (Å²) in [5, 5.41) is 0. The van der Waals surface area contributed by atoms with Gasteiger partial charge in [0.15, 0.2) is 0 Å². The summed E-state index contributed by atoms with van der Waals surface area (Å²) < 4.78 is 5.83. The van der Waals surface area contributed by atoms with Gasteiger partial charge in [-0.05, 0) is 80.1 Å². The number of carbonyl (C=O) groups excluding carboxylic acids is 1. The number of esters is 1. The summed E-state index contributed by atoms with van der Waals surface area (Å²) in [4.78, 5) is 12.6. The second-order valence-electron chi connectivity index (χ2n) is 9.44. The number of hydrogen-bond acceptors (Lipinski definition) is 2. The minimum Gasteiger partial charge on any atom is -0.459 e. The maximum atomic E-state index is 12.6. The summed E-state index contributed by atoms with van der Waals surface area (Å²) >= 11 is 0. The molecule has 1 saturated carbocycles. The first-order valence-electron chi connectivity index (χ1n) is 12.2. The van der Waals surface area contributed by atoms with Gasteiger partial charge in [0, 0.05) is 0 Å². The van der Waals surface area contributed by atoms with Gasteiger partial charge in [-0.25, -0.2) is 4.79 Å². The van der Waals surface area contributed by atoms with Crippen LogP contribution in [0.2, 0.25) is 0 Å². The molecule has 2 nitrogen and oxygen atoms in total. The average Bonchev–Trinajstić information content (AvgIpc) is 2.75. The Bertz CT molecular complexity index is 650. The van der Waals surface area contributed by atoms with Crippen LogP contribution in [0.15, 0.2) is 30.3 Å². The molecule has 0 radical (unpaired) electrons. The summed E-state index contributed by atoms with van der Waals surface area (Å²) in [6.07, 6.45) is 18.8. The molecule has 0 aromatic heterocycles. The molecule has 0 spiro atoms. The summed E-state index contributed by atoms with van der Waals surface area (Å²) in [5.41, 5.74) is 3.38. The van der Waals surface area contributed by atoms with E-state index in [9.17, 15) is 4.79 Å². The van der Waals surface area contributed by atoms with E-state index in [1.165, 1.54) is 75.3 Å². The average molecular weight is 397 g/mol. The van der Waals surface area contributed by atoms with Gasteiger partial charge in [-0.2, -0.15) is 0 Å². The third-order valence-electron chi connectivity index (χ3n) is 6.95. The first-order chi connectivity index (χ1) is 14.2. The largest absolute Gasteiger partial charge is 0.459 e. The van der Waals surface area contributed by atoms with Crippen molar-refractivity contribution in [2.45, 2.75) is 103 Å². The van der Waals surface area contributed by atoms with Crippen molar-refractivity contribution < 1.29 is 9.53 Å². The highest BCUT2D eigenvalue weighted by Crippen LogP contribution is 2.32. The summed E-state index contributed by atoms with van der Waals surface area (Å²) in [7, 11) is 0. The van der Waals surface area contributed by atoms with Crippen molar-refractivity contribution in [1.29, 1.82) is 0 Å². The zero-order valence-electron chi connectivity index (χ0n) is 18.6. The van der Waals surface area contributed by atoms with E-state index in [4.69, 9.17) is 4.74 Å². The first-order valence-corrected chi connectivity index (χ1v) is 12.2. The molecule has 0 amide bonds. The fourth-order valence-corrected chi connectivity index (χ4v) is 4.84. The Morgan fingerprint density at radius 2 is 1.69 bits per heavy atom. The zero-order chi connectivity index (χ0) is 20.5. The zero-order valence-corrected chi connectivity index (χ0v) is 18.6. The van der Waals surface area contributed by atoms with Gasteiger partial charge in [0.2, 0.25) is 0 Å². The van der Waals surface area contributed by atoms with Crippen LogP contribution in [0.3, 0.4) is 0 Å². The van der Waals surface area contributed by atoms with E-state index in [0.29, 0.717) is 5.56 Å². The van der Waals surface area contributed by atoms with E-state index in [0.717, 1.165) is 31.1 Å². The number of carbonyl (C=O) groups is 1. The highest BCUT2D eigenvalue weighted by atomic mass is 16.5. The van der Waals surface area contributed by atoms with Crippen molar-refractivity contribution in [3.8, 4) is 0 Å². The molecule has 1 atom stereocenters. The Hall–Kier alpha value is -1.57. The Kier molecular flexibility index (Phi) is 8.83. The lowest BCUT2D eigenvalue weighted by Crippen LogP contribution is -2.24. The molecule has 1 unspecified atom stereocenters. The normalized spacial score (nSPS) is 24.8. The maximum Gasteiger partial charge on any atom is 0.338 e. The van der Waals surface area contributed by atoms with Crippen LogP contribution in [0.4, 0.5) is 0 Å². The Morgan fingerprint density at radius 3 is 2.34 bits per heavy atom. The Labute approximate surface area is 178 Å². The second-order valence-corrected chi connectivity index (χ2v) is 9.44. The first kappa shape index (κ1) is 22.1. The quantitative estimate of drug-likeness (QED) is 0.312. The van der Waals surface area contributed by atoms with Crippen LogP contribution in [0.5, 0.6) is 0 Å². The fourth-order valence-electron chi connectivity index (χ4n) is 4.84. The van der Waals surface area contributed by atoms with Crippen molar-refractivity contribution in [3.63, 3.8) is 0 Å². The number of hydrogen-bond donors (Lipinski definition) is 0. The minimum atomic E-state index is -0.147. The number of benzene rings is 1. The van der Waals surface area contributed by atoms with Gasteiger partial charge < -0.3 is 4.74 Å². The van der Waals surface area contributed by atoms with Crippen LogP contribution < -0.4 is 0 Å². The van der Waals surface area contributed by atoms with Gasteiger partial charge in [0.1, 0.15) is 6.10 Å². The minimum absolute atomic E-state index is 0.112. The van der Waals surface area contributed by atoms with Gasteiger partial charge >= 0.3 is 5.97 Å². The van der Waals surface area contributed by atoms with E-state index in [1.54, 1.807) is 0 Å². The van der Waals surface area contributed by atoms with Crippen LogP contribution in [-0.4, -0.2) is 12.1 Å². The highest BCUT2D eigenvalue weighted by Gasteiger charge is 2.24. The molecule has 1 fully saturated rings.